The summed E-state index contributed by atoms with van der Waals surface area (Å²) >= 11 is 0. The van der Waals surface area contributed by atoms with Gasteiger partial charge in [0.25, 0.3) is 0 Å². The molecular weight excluding hydrogens is 198 g/mol. The minimum absolute atomic E-state index is 0.0681. The molecule has 2 atom stereocenters. The van der Waals surface area contributed by atoms with Crippen LogP contribution in [0.15, 0.2) is 43.1 Å². The van der Waals surface area contributed by atoms with Crippen molar-refractivity contribution in [1.29, 1.82) is 0 Å². The summed E-state index contributed by atoms with van der Waals surface area (Å²) in [6, 6.07) is 10.4. The number of ether oxygens (including phenoxy) is 1. The predicted molar refractivity (Wildman–Crippen MR) is 65.2 cm³/mol. The van der Waals surface area contributed by atoms with E-state index in [4.69, 9.17) is 4.74 Å². The molecule has 1 aliphatic carbocycles. The van der Waals surface area contributed by atoms with E-state index in [2.05, 4.69) is 35.7 Å². The van der Waals surface area contributed by atoms with E-state index in [-0.39, 0.29) is 5.72 Å². The second-order valence-electron chi connectivity index (χ2n) is 4.59. The van der Waals surface area contributed by atoms with Crippen molar-refractivity contribution in [2.24, 2.45) is 0 Å². The number of hydrogen-bond donors (Lipinski definition) is 0. The van der Waals surface area contributed by atoms with Gasteiger partial charge in [0.15, 0.2) is 5.72 Å². The average Bonchev–Trinajstić information content (AvgIpc) is 3.06. The minimum atomic E-state index is -0.0681. The van der Waals surface area contributed by atoms with Crippen LogP contribution in [0.25, 0.3) is 0 Å². The Balaban J connectivity index is 1.90. The molecule has 2 aliphatic rings. The first-order chi connectivity index (χ1) is 7.87. The highest BCUT2D eigenvalue weighted by molar-refractivity contribution is 5.53. The van der Waals surface area contributed by atoms with Crippen LogP contribution < -0.4 is 4.90 Å². The predicted octanol–water partition coefficient (Wildman–Crippen LogP) is 3.31. The lowest BCUT2D eigenvalue weighted by Crippen LogP contribution is -2.38. The van der Waals surface area contributed by atoms with Gasteiger partial charge in [-0.25, -0.2) is 0 Å². The highest BCUT2D eigenvalue weighted by Gasteiger charge is 2.60. The third-order valence-corrected chi connectivity index (χ3v) is 3.67. The van der Waals surface area contributed by atoms with Crippen molar-refractivity contribution >= 4 is 5.69 Å². The van der Waals surface area contributed by atoms with E-state index < -0.39 is 0 Å². The van der Waals surface area contributed by atoms with Gasteiger partial charge in [0.05, 0.1) is 0 Å². The fourth-order valence-electron chi connectivity index (χ4n) is 2.82. The molecule has 3 rings (SSSR count). The summed E-state index contributed by atoms with van der Waals surface area (Å²) in [5, 5.41) is 0. The number of hydrogen-bond acceptors (Lipinski definition) is 2. The van der Waals surface area contributed by atoms with E-state index in [9.17, 15) is 0 Å². The Bertz CT molecular complexity index is 389. The smallest absolute Gasteiger partial charge is 0.171 e. The SMILES string of the molecule is C=CN(c1ccccc1)C12CCCCC1O2. The van der Waals surface area contributed by atoms with Gasteiger partial charge in [-0.1, -0.05) is 31.2 Å². The second-order valence-corrected chi connectivity index (χ2v) is 4.59. The zero-order chi connectivity index (χ0) is 11.0. The van der Waals surface area contributed by atoms with Crippen molar-refractivity contribution in [3.8, 4) is 0 Å². The first-order valence-corrected chi connectivity index (χ1v) is 6.01. The largest absolute Gasteiger partial charge is 0.344 e. The van der Waals surface area contributed by atoms with Gasteiger partial charge in [-0.3, -0.25) is 0 Å². The molecule has 1 heterocycles. The zero-order valence-electron chi connectivity index (χ0n) is 9.43. The Morgan fingerprint density at radius 1 is 1.31 bits per heavy atom. The third kappa shape index (κ3) is 1.37. The van der Waals surface area contributed by atoms with Gasteiger partial charge < -0.3 is 9.64 Å². The Morgan fingerprint density at radius 2 is 2.12 bits per heavy atom. The lowest BCUT2D eigenvalue weighted by molar-refractivity contribution is 0.288. The molecule has 1 aliphatic heterocycles. The van der Waals surface area contributed by atoms with Gasteiger partial charge in [0, 0.05) is 5.69 Å². The first kappa shape index (κ1) is 9.91. The molecule has 0 amide bonds. The standard InChI is InChI=1S/C14H17NO/c1-2-15(12-8-4-3-5-9-12)14-11-7-6-10-13(14)16-14/h2-5,8-9,13H,1,6-7,10-11H2. The monoisotopic (exact) mass is 215 g/mol. The molecule has 2 heteroatoms. The van der Waals surface area contributed by atoms with Crippen LogP contribution >= 0.6 is 0 Å². The molecule has 1 aromatic carbocycles. The van der Waals surface area contributed by atoms with Crippen LogP contribution in [0, 0.1) is 0 Å². The number of fused-ring (bicyclic) bond motifs is 1. The maximum absolute atomic E-state index is 5.93. The van der Waals surface area contributed by atoms with Crippen molar-refractivity contribution in [1.82, 2.24) is 0 Å². The molecule has 1 saturated carbocycles. The lowest BCUT2D eigenvalue weighted by Gasteiger charge is -2.30. The van der Waals surface area contributed by atoms with E-state index in [0.717, 1.165) is 6.42 Å². The third-order valence-electron chi connectivity index (χ3n) is 3.67. The highest BCUT2D eigenvalue weighted by Crippen LogP contribution is 2.51. The minimum Gasteiger partial charge on any atom is -0.344 e. The topological polar surface area (TPSA) is 15.8 Å². The maximum atomic E-state index is 5.93. The molecule has 16 heavy (non-hydrogen) atoms. The van der Waals surface area contributed by atoms with Crippen LogP contribution in [0.1, 0.15) is 25.7 Å². The Morgan fingerprint density at radius 3 is 2.81 bits per heavy atom. The number of para-hydroxylation sites is 1. The van der Waals surface area contributed by atoms with Crippen molar-refractivity contribution < 1.29 is 4.74 Å². The van der Waals surface area contributed by atoms with Crippen molar-refractivity contribution in [2.45, 2.75) is 37.5 Å². The summed E-state index contributed by atoms with van der Waals surface area (Å²) in [5.41, 5.74) is 1.11. The van der Waals surface area contributed by atoms with E-state index >= 15 is 0 Å². The van der Waals surface area contributed by atoms with Gasteiger partial charge >= 0.3 is 0 Å². The molecule has 84 valence electrons. The van der Waals surface area contributed by atoms with Gasteiger partial charge in [-0.05, 0) is 37.6 Å². The van der Waals surface area contributed by atoms with E-state index in [1.807, 2.05) is 12.3 Å². The van der Waals surface area contributed by atoms with Crippen LogP contribution in [0.4, 0.5) is 5.69 Å². The fourth-order valence-corrected chi connectivity index (χ4v) is 2.82. The van der Waals surface area contributed by atoms with E-state index in [1.54, 1.807) is 0 Å². The lowest BCUT2D eigenvalue weighted by atomic mass is 9.94. The van der Waals surface area contributed by atoms with E-state index in [1.165, 1.54) is 24.9 Å². The summed E-state index contributed by atoms with van der Waals surface area (Å²) in [4.78, 5) is 2.21. The molecule has 0 N–H and O–H groups in total. The quantitative estimate of drug-likeness (QED) is 0.719. The summed E-state index contributed by atoms with van der Waals surface area (Å²) in [5.74, 6) is 0. The first-order valence-electron chi connectivity index (χ1n) is 6.01. The molecule has 0 radical (unpaired) electrons. The molecule has 0 aromatic heterocycles. The number of benzene rings is 1. The van der Waals surface area contributed by atoms with Crippen molar-refractivity contribution in [2.75, 3.05) is 4.90 Å². The second kappa shape index (κ2) is 3.63. The Hall–Kier alpha value is -1.28. The molecule has 2 nitrogen and oxygen atoms in total. The van der Waals surface area contributed by atoms with Crippen LogP contribution in [-0.2, 0) is 4.74 Å². The van der Waals surface area contributed by atoms with Gasteiger partial charge in [0.1, 0.15) is 6.10 Å². The molecule has 1 saturated heterocycles. The van der Waals surface area contributed by atoms with Gasteiger partial charge in [-0.2, -0.15) is 0 Å². The Labute approximate surface area is 96.5 Å². The molecule has 2 unspecified atom stereocenters. The van der Waals surface area contributed by atoms with E-state index in [0.29, 0.717) is 6.10 Å². The highest BCUT2D eigenvalue weighted by atomic mass is 16.6. The molecule has 2 fully saturated rings. The Kier molecular flexibility index (Phi) is 2.25. The zero-order valence-corrected chi connectivity index (χ0v) is 9.43. The van der Waals surface area contributed by atoms with Crippen LogP contribution in [0.2, 0.25) is 0 Å². The maximum Gasteiger partial charge on any atom is 0.171 e. The molecule has 0 spiro atoms. The molecule has 1 aromatic rings. The summed E-state index contributed by atoms with van der Waals surface area (Å²) in [6.45, 7) is 3.93. The van der Waals surface area contributed by atoms with Gasteiger partial charge in [-0.15, -0.1) is 0 Å². The molecule has 0 bridgehead atoms. The number of nitrogens with zero attached hydrogens (tertiary/aromatic N) is 1. The average molecular weight is 215 g/mol. The fraction of sp³-hybridized carbons (Fsp3) is 0.429. The van der Waals surface area contributed by atoms with Crippen LogP contribution in [0.5, 0.6) is 0 Å². The van der Waals surface area contributed by atoms with Crippen LogP contribution in [-0.4, -0.2) is 11.8 Å². The van der Waals surface area contributed by atoms with Gasteiger partial charge in [0.2, 0.25) is 0 Å². The molecular formula is C14H17NO. The number of anilines is 1. The normalized spacial score (nSPS) is 31.6. The van der Waals surface area contributed by atoms with Crippen molar-refractivity contribution in [3.05, 3.63) is 43.1 Å². The summed E-state index contributed by atoms with van der Waals surface area (Å²) < 4.78 is 5.93. The summed E-state index contributed by atoms with van der Waals surface area (Å²) in [6.07, 6.45) is 7.19. The summed E-state index contributed by atoms with van der Waals surface area (Å²) in [7, 11) is 0. The van der Waals surface area contributed by atoms with Crippen LogP contribution in [0.3, 0.4) is 0 Å². The van der Waals surface area contributed by atoms with Crippen molar-refractivity contribution in [3.63, 3.8) is 0 Å². The number of rotatable bonds is 3. The number of epoxide rings is 1.